The lowest BCUT2D eigenvalue weighted by Crippen LogP contribution is -2.46. The maximum absolute atomic E-state index is 11.4. The van der Waals surface area contributed by atoms with E-state index < -0.39 is 5.97 Å². The molecule has 0 amide bonds. The van der Waals surface area contributed by atoms with E-state index >= 15 is 0 Å². The molecule has 152 valence electrons. The van der Waals surface area contributed by atoms with Crippen LogP contribution in [0.1, 0.15) is 21.7 Å². The topological polar surface area (TPSA) is 81.6 Å². The smallest absolute Gasteiger partial charge is 0.346 e. The van der Waals surface area contributed by atoms with Crippen LogP contribution in [0.2, 0.25) is 0 Å². The van der Waals surface area contributed by atoms with Gasteiger partial charge >= 0.3 is 5.97 Å². The molecule has 4 rings (SSSR count). The fourth-order valence-electron chi connectivity index (χ4n) is 3.79. The van der Waals surface area contributed by atoms with Crippen LogP contribution in [0.3, 0.4) is 0 Å². The zero-order valence-electron chi connectivity index (χ0n) is 16.5. The molecule has 1 saturated heterocycles. The van der Waals surface area contributed by atoms with E-state index in [9.17, 15) is 9.90 Å². The first-order valence-electron chi connectivity index (χ1n) is 9.87. The maximum Gasteiger partial charge on any atom is 0.346 e. The highest BCUT2D eigenvalue weighted by atomic mass is 32.1. The number of piperazine rings is 1. The number of carbonyl (C=O) groups is 1. The molecule has 1 aliphatic heterocycles. The SMILES string of the molecule is Cc1c(C(=O)O)sc2ncnc(NCCCN3CCN(c4ccccc4)CC3)c12. The number of rotatable bonds is 7. The summed E-state index contributed by atoms with van der Waals surface area (Å²) in [6.45, 7) is 7.89. The summed E-state index contributed by atoms with van der Waals surface area (Å²) in [5.41, 5.74) is 2.03. The molecule has 2 N–H and O–H groups in total. The van der Waals surface area contributed by atoms with Gasteiger partial charge < -0.3 is 15.3 Å². The number of nitrogens with zero attached hydrogens (tertiary/aromatic N) is 4. The van der Waals surface area contributed by atoms with Gasteiger partial charge in [-0.2, -0.15) is 0 Å². The Balaban J connectivity index is 1.28. The number of nitrogens with one attached hydrogen (secondary N) is 1. The predicted molar refractivity (Wildman–Crippen MR) is 117 cm³/mol. The molecule has 8 heteroatoms. The molecular weight excluding hydrogens is 386 g/mol. The fraction of sp³-hybridized carbons (Fsp3) is 0.381. The number of hydrogen-bond donors (Lipinski definition) is 2. The summed E-state index contributed by atoms with van der Waals surface area (Å²) in [7, 11) is 0. The lowest BCUT2D eigenvalue weighted by molar-refractivity contribution is 0.0701. The van der Waals surface area contributed by atoms with Crippen LogP contribution in [-0.2, 0) is 0 Å². The monoisotopic (exact) mass is 411 g/mol. The lowest BCUT2D eigenvalue weighted by Gasteiger charge is -2.36. The molecule has 2 aromatic heterocycles. The van der Waals surface area contributed by atoms with Gasteiger partial charge in [0, 0.05) is 38.4 Å². The lowest BCUT2D eigenvalue weighted by atomic mass is 10.2. The van der Waals surface area contributed by atoms with Crippen molar-refractivity contribution in [2.24, 2.45) is 0 Å². The van der Waals surface area contributed by atoms with Gasteiger partial charge in [0.2, 0.25) is 0 Å². The summed E-state index contributed by atoms with van der Waals surface area (Å²) in [6.07, 6.45) is 2.50. The number of aryl methyl sites for hydroxylation is 1. The zero-order chi connectivity index (χ0) is 20.2. The molecule has 0 spiro atoms. The van der Waals surface area contributed by atoms with Gasteiger partial charge in [-0.05, 0) is 37.6 Å². The Hall–Kier alpha value is -2.71. The van der Waals surface area contributed by atoms with E-state index in [-0.39, 0.29) is 0 Å². The summed E-state index contributed by atoms with van der Waals surface area (Å²) < 4.78 is 0. The Kier molecular flexibility index (Phi) is 5.92. The number of fused-ring (bicyclic) bond motifs is 1. The molecule has 0 atom stereocenters. The van der Waals surface area contributed by atoms with Gasteiger partial charge in [-0.15, -0.1) is 11.3 Å². The second-order valence-electron chi connectivity index (χ2n) is 7.21. The molecule has 3 aromatic rings. The predicted octanol–water partition coefficient (Wildman–Crippen LogP) is 3.32. The van der Waals surface area contributed by atoms with Crippen LogP contribution in [0.5, 0.6) is 0 Å². The third kappa shape index (κ3) is 4.33. The van der Waals surface area contributed by atoms with Crippen molar-refractivity contribution in [1.29, 1.82) is 0 Å². The van der Waals surface area contributed by atoms with Crippen molar-refractivity contribution in [3.8, 4) is 0 Å². The van der Waals surface area contributed by atoms with Crippen LogP contribution in [0.15, 0.2) is 36.7 Å². The minimum absolute atomic E-state index is 0.333. The molecule has 7 nitrogen and oxygen atoms in total. The molecule has 0 saturated carbocycles. The van der Waals surface area contributed by atoms with Crippen LogP contribution in [0.25, 0.3) is 10.2 Å². The van der Waals surface area contributed by atoms with Gasteiger partial charge in [0.25, 0.3) is 0 Å². The van der Waals surface area contributed by atoms with Crippen LogP contribution in [0.4, 0.5) is 11.5 Å². The van der Waals surface area contributed by atoms with E-state index in [2.05, 4.69) is 55.4 Å². The molecule has 0 unspecified atom stereocenters. The maximum atomic E-state index is 11.4. The Labute approximate surface area is 174 Å². The van der Waals surface area contributed by atoms with Gasteiger partial charge in [-0.1, -0.05) is 18.2 Å². The Bertz CT molecular complexity index is 983. The summed E-state index contributed by atoms with van der Waals surface area (Å²) >= 11 is 1.20. The quantitative estimate of drug-likeness (QED) is 0.577. The average Bonchev–Trinajstić information content (AvgIpc) is 3.10. The number of carboxylic acid groups (broad SMARTS) is 1. The first-order valence-corrected chi connectivity index (χ1v) is 10.7. The molecule has 0 bridgehead atoms. The first-order chi connectivity index (χ1) is 14.1. The van der Waals surface area contributed by atoms with Crippen molar-refractivity contribution in [1.82, 2.24) is 14.9 Å². The van der Waals surface area contributed by atoms with Gasteiger partial charge in [0.1, 0.15) is 21.9 Å². The van der Waals surface area contributed by atoms with Gasteiger partial charge in [-0.3, -0.25) is 4.90 Å². The summed E-state index contributed by atoms with van der Waals surface area (Å²) in [5, 5.41) is 13.5. The van der Waals surface area contributed by atoms with Crippen molar-refractivity contribution in [2.75, 3.05) is 49.5 Å². The largest absolute Gasteiger partial charge is 0.477 e. The highest BCUT2D eigenvalue weighted by Crippen LogP contribution is 2.33. The molecule has 3 heterocycles. The third-order valence-corrected chi connectivity index (χ3v) is 6.55. The number of anilines is 2. The molecule has 29 heavy (non-hydrogen) atoms. The molecule has 1 fully saturated rings. The third-order valence-electron chi connectivity index (χ3n) is 5.36. The van der Waals surface area contributed by atoms with Gasteiger partial charge in [0.15, 0.2) is 0 Å². The number of thiophene rings is 1. The Morgan fingerprint density at radius 2 is 1.93 bits per heavy atom. The standard InChI is InChI=1S/C21H25N5O2S/c1-15-17-19(23-14-24-20(17)29-18(15)21(27)28)22-8-5-9-25-10-12-26(13-11-25)16-6-3-2-4-7-16/h2-4,6-7,14H,5,8-13H2,1H3,(H,27,28)(H,22,23,24). The van der Waals surface area contributed by atoms with Crippen molar-refractivity contribution >= 4 is 39.0 Å². The highest BCUT2D eigenvalue weighted by molar-refractivity contribution is 7.20. The number of benzene rings is 1. The number of aromatic nitrogens is 2. The Morgan fingerprint density at radius 1 is 1.17 bits per heavy atom. The van der Waals surface area contributed by atoms with E-state index in [1.54, 1.807) is 0 Å². The number of para-hydroxylation sites is 1. The van der Waals surface area contributed by atoms with Crippen molar-refractivity contribution in [3.05, 3.63) is 47.1 Å². The number of aromatic carboxylic acids is 1. The van der Waals surface area contributed by atoms with Crippen LogP contribution in [-0.4, -0.2) is 65.2 Å². The fourth-order valence-corrected chi connectivity index (χ4v) is 4.78. The number of hydrogen-bond acceptors (Lipinski definition) is 7. The second kappa shape index (κ2) is 8.75. The van der Waals surface area contributed by atoms with E-state index in [1.165, 1.54) is 23.4 Å². The van der Waals surface area contributed by atoms with E-state index in [0.717, 1.165) is 67.3 Å². The highest BCUT2D eigenvalue weighted by Gasteiger charge is 2.19. The van der Waals surface area contributed by atoms with E-state index in [1.807, 2.05) is 6.92 Å². The van der Waals surface area contributed by atoms with Gasteiger partial charge in [-0.25, -0.2) is 14.8 Å². The van der Waals surface area contributed by atoms with Crippen molar-refractivity contribution in [3.63, 3.8) is 0 Å². The molecule has 1 aliphatic rings. The molecule has 1 aromatic carbocycles. The number of carboxylic acids is 1. The summed E-state index contributed by atoms with van der Waals surface area (Å²) in [5.74, 6) is -0.184. The van der Waals surface area contributed by atoms with E-state index in [4.69, 9.17) is 0 Å². The average molecular weight is 412 g/mol. The van der Waals surface area contributed by atoms with Gasteiger partial charge in [0.05, 0.1) is 5.39 Å². The van der Waals surface area contributed by atoms with Crippen LogP contribution >= 0.6 is 11.3 Å². The normalized spacial score (nSPS) is 15.0. The minimum atomic E-state index is -0.911. The summed E-state index contributed by atoms with van der Waals surface area (Å²) in [4.78, 5) is 25.9. The summed E-state index contributed by atoms with van der Waals surface area (Å²) in [6, 6.07) is 10.6. The zero-order valence-corrected chi connectivity index (χ0v) is 17.3. The molecule has 0 aliphatic carbocycles. The Morgan fingerprint density at radius 3 is 2.66 bits per heavy atom. The first kappa shape index (κ1) is 19.6. The minimum Gasteiger partial charge on any atom is -0.477 e. The van der Waals surface area contributed by atoms with Crippen molar-refractivity contribution in [2.45, 2.75) is 13.3 Å². The molecule has 0 radical (unpaired) electrons. The second-order valence-corrected chi connectivity index (χ2v) is 8.21. The van der Waals surface area contributed by atoms with Crippen molar-refractivity contribution < 1.29 is 9.90 Å². The van der Waals surface area contributed by atoms with Crippen LogP contribution in [0, 0.1) is 6.92 Å². The van der Waals surface area contributed by atoms with E-state index in [0.29, 0.717) is 4.88 Å². The van der Waals surface area contributed by atoms with Crippen LogP contribution < -0.4 is 10.2 Å². The molecular formula is C21H25N5O2S.